The Morgan fingerprint density at radius 2 is 1.76 bits per heavy atom. The fraction of sp³-hybridized carbons (Fsp3) is 0.258. The highest BCUT2D eigenvalue weighted by molar-refractivity contribution is 7.91. The number of nitrogens with zero attached hydrogens (tertiary/aromatic N) is 4. The molecule has 1 fully saturated rings. The van der Waals surface area contributed by atoms with Crippen LogP contribution in [0, 0.1) is 0 Å². The summed E-state index contributed by atoms with van der Waals surface area (Å²) < 4.78 is 31.3. The zero-order valence-corrected chi connectivity index (χ0v) is 23.8. The smallest absolute Gasteiger partial charge is 0.338 e. The van der Waals surface area contributed by atoms with E-state index in [-0.39, 0.29) is 11.2 Å². The predicted octanol–water partition coefficient (Wildman–Crippen LogP) is 5.51. The van der Waals surface area contributed by atoms with Crippen LogP contribution in [0.3, 0.4) is 0 Å². The van der Waals surface area contributed by atoms with Crippen molar-refractivity contribution in [2.75, 3.05) is 36.2 Å². The number of hydrogen-bond donors (Lipinski definition) is 1. The normalized spacial score (nSPS) is 14.4. The maximum Gasteiger partial charge on any atom is 0.338 e. The molecular formula is C31H31N5O4S. The van der Waals surface area contributed by atoms with Gasteiger partial charge in [-0.25, -0.2) is 18.2 Å². The summed E-state index contributed by atoms with van der Waals surface area (Å²) >= 11 is 0. The molecule has 0 spiro atoms. The lowest BCUT2D eigenvalue weighted by Crippen LogP contribution is -2.39. The summed E-state index contributed by atoms with van der Waals surface area (Å²) in [6.45, 7) is 3.50. The lowest BCUT2D eigenvalue weighted by atomic mass is 10.0. The highest BCUT2D eigenvalue weighted by Crippen LogP contribution is 2.33. The number of esters is 1. The summed E-state index contributed by atoms with van der Waals surface area (Å²) in [4.78, 5) is 24.0. The highest BCUT2D eigenvalue weighted by Gasteiger charge is 2.27. The fourth-order valence-corrected chi connectivity index (χ4v) is 6.68. The SMILES string of the molecule is CCOC(=O)c1ccc(Nc2nccc(-n3ccc4c(N5CCC(S(C)(=O)=O)CC5)cccc43)n2)c2ccccc12. The number of fused-ring (bicyclic) bond motifs is 2. The first-order valence-electron chi connectivity index (χ1n) is 13.7. The lowest BCUT2D eigenvalue weighted by molar-refractivity contribution is 0.0528. The van der Waals surface area contributed by atoms with Crippen molar-refractivity contribution >= 4 is 54.8 Å². The minimum atomic E-state index is -3.02. The molecule has 0 saturated carbocycles. The Balaban J connectivity index is 1.29. The summed E-state index contributed by atoms with van der Waals surface area (Å²) in [6, 6.07) is 21.4. The van der Waals surface area contributed by atoms with Crippen LogP contribution in [0.15, 0.2) is 79.1 Å². The van der Waals surface area contributed by atoms with Gasteiger partial charge in [-0.15, -0.1) is 0 Å². The van der Waals surface area contributed by atoms with Crippen molar-refractivity contribution in [3.05, 3.63) is 84.7 Å². The zero-order valence-electron chi connectivity index (χ0n) is 22.9. The fourth-order valence-electron chi connectivity index (χ4n) is 5.61. The first-order chi connectivity index (χ1) is 19.8. The van der Waals surface area contributed by atoms with Crippen molar-refractivity contribution in [1.82, 2.24) is 14.5 Å². The molecule has 1 saturated heterocycles. The first-order valence-corrected chi connectivity index (χ1v) is 15.6. The van der Waals surface area contributed by atoms with Crippen LogP contribution in [-0.4, -0.2) is 60.1 Å². The van der Waals surface area contributed by atoms with Crippen molar-refractivity contribution in [1.29, 1.82) is 0 Å². The van der Waals surface area contributed by atoms with Crippen LogP contribution in [0.2, 0.25) is 0 Å². The number of aromatic nitrogens is 3. The predicted molar refractivity (Wildman–Crippen MR) is 162 cm³/mol. The van der Waals surface area contributed by atoms with Crippen molar-refractivity contribution < 1.29 is 17.9 Å². The summed E-state index contributed by atoms with van der Waals surface area (Å²) in [5.74, 6) is 0.780. The largest absolute Gasteiger partial charge is 0.462 e. The second kappa shape index (κ2) is 10.9. The van der Waals surface area contributed by atoms with Crippen LogP contribution in [0.5, 0.6) is 0 Å². The molecule has 1 N–H and O–H groups in total. The van der Waals surface area contributed by atoms with Gasteiger partial charge >= 0.3 is 5.97 Å². The molecule has 3 aromatic carbocycles. The Hall–Kier alpha value is -4.44. The van der Waals surface area contributed by atoms with Crippen molar-refractivity contribution in [3.63, 3.8) is 0 Å². The number of piperidine rings is 1. The van der Waals surface area contributed by atoms with E-state index in [1.807, 2.05) is 53.2 Å². The maximum absolute atomic E-state index is 12.5. The number of nitrogens with one attached hydrogen (secondary N) is 1. The Bertz CT molecular complexity index is 1860. The average molecular weight is 570 g/mol. The third-order valence-electron chi connectivity index (χ3n) is 7.65. The van der Waals surface area contributed by atoms with Crippen LogP contribution in [0.4, 0.5) is 17.3 Å². The second-order valence-electron chi connectivity index (χ2n) is 10.2. The third kappa shape index (κ3) is 5.22. The molecule has 9 nitrogen and oxygen atoms in total. The molecule has 0 aliphatic carbocycles. The van der Waals surface area contributed by atoms with Gasteiger partial charge < -0.3 is 19.5 Å². The van der Waals surface area contributed by atoms with Gasteiger partial charge in [0.05, 0.1) is 22.9 Å². The van der Waals surface area contributed by atoms with Gasteiger partial charge in [0.2, 0.25) is 5.95 Å². The van der Waals surface area contributed by atoms with E-state index in [0.29, 0.717) is 49.9 Å². The van der Waals surface area contributed by atoms with E-state index >= 15 is 0 Å². The van der Waals surface area contributed by atoms with E-state index in [1.165, 1.54) is 6.26 Å². The van der Waals surface area contributed by atoms with Gasteiger partial charge in [-0.2, -0.15) is 4.98 Å². The minimum Gasteiger partial charge on any atom is -0.462 e. The topological polar surface area (TPSA) is 106 Å². The molecule has 0 atom stereocenters. The quantitative estimate of drug-likeness (QED) is 0.256. The average Bonchev–Trinajstić information content (AvgIpc) is 3.42. The van der Waals surface area contributed by atoms with Crippen LogP contribution in [-0.2, 0) is 14.6 Å². The number of rotatable bonds is 7. The van der Waals surface area contributed by atoms with Crippen LogP contribution < -0.4 is 10.2 Å². The van der Waals surface area contributed by atoms with Crippen molar-refractivity contribution in [2.24, 2.45) is 0 Å². The Morgan fingerprint density at radius 1 is 0.976 bits per heavy atom. The van der Waals surface area contributed by atoms with Gasteiger partial charge in [-0.1, -0.05) is 30.3 Å². The molecular weight excluding hydrogens is 538 g/mol. The van der Waals surface area contributed by atoms with Gasteiger partial charge in [-0.3, -0.25) is 0 Å². The third-order valence-corrected chi connectivity index (χ3v) is 9.33. The first kappa shape index (κ1) is 26.8. The van der Waals surface area contributed by atoms with Gasteiger partial charge in [0.25, 0.3) is 0 Å². The van der Waals surface area contributed by atoms with E-state index in [1.54, 1.807) is 19.2 Å². The Labute approximate surface area is 238 Å². The van der Waals surface area contributed by atoms with Crippen molar-refractivity contribution in [2.45, 2.75) is 25.0 Å². The number of hydrogen-bond acceptors (Lipinski definition) is 8. The molecule has 41 heavy (non-hydrogen) atoms. The number of carbonyl (C=O) groups excluding carboxylic acids is 1. The number of anilines is 3. The minimum absolute atomic E-state index is 0.270. The van der Waals surface area contributed by atoms with Gasteiger partial charge in [0, 0.05) is 53.9 Å². The molecule has 10 heteroatoms. The monoisotopic (exact) mass is 569 g/mol. The van der Waals surface area contributed by atoms with Crippen LogP contribution in [0.25, 0.3) is 27.5 Å². The molecule has 0 bridgehead atoms. The zero-order chi connectivity index (χ0) is 28.6. The number of carbonyl (C=O) groups is 1. The molecule has 3 heterocycles. The van der Waals surface area contributed by atoms with Crippen molar-refractivity contribution in [3.8, 4) is 5.82 Å². The summed E-state index contributed by atoms with van der Waals surface area (Å²) in [5, 5.41) is 5.79. The lowest BCUT2D eigenvalue weighted by Gasteiger charge is -2.33. The van der Waals surface area contributed by atoms with E-state index in [0.717, 1.165) is 33.1 Å². The van der Waals surface area contributed by atoms with Gasteiger partial charge in [-0.05, 0) is 61.5 Å². The molecule has 0 unspecified atom stereocenters. The highest BCUT2D eigenvalue weighted by atomic mass is 32.2. The number of ether oxygens (including phenoxy) is 1. The molecule has 1 aliphatic heterocycles. The molecule has 210 valence electrons. The van der Waals surface area contributed by atoms with E-state index < -0.39 is 9.84 Å². The van der Waals surface area contributed by atoms with E-state index in [4.69, 9.17) is 9.72 Å². The van der Waals surface area contributed by atoms with E-state index in [2.05, 4.69) is 33.4 Å². The summed E-state index contributed by atoms with van der Waals surface area (Å²) in [5.41, 5.74) is 3.39. The Kier molecular flexibility index (Phi) is 7.08. The standard InChI is InChI=1S/C31H31N5O4S/c1-3-40-30(37)24-11-12-26(23-8-5-4-7-22(23)24)33-31-32-17-13-29(34-31)36-20-16-25-27(9-6-10-28(25)36)35-18-14-21(15-19-35)41(2,38)39/h4-13,16-17,20-21H,3,14-15,18-19H2,1-2H3,(H,32,33,34). The van der Waals surface area contributed by atoms with E-state index in [9.17, 15) is 13.2 Å². The Morgan fingerprint density at radius 3 is 2.51 bits per heavy atom. The van der Waals surface area contributed by atoms with Gasteiger partial charge in [0.15, 0.2) is 0 Å². The summed E-state index contributed by atoms with van der Waals surface area (Å²) in [7, 11) is -3.02. The molecule has 0 amide bonds. The maximum atomic E-state index is 12.5. The second-order valence-corrected chi connectivity index (χ2v) is 12.5. The molecule has 0 radical (unpaired) electrons. The molecule has 1 aliphatic rings. The number of sulfone groups is 1. The molecule has 5 aromatic rings. The van der Waals surface area contributed by atoms with Crippen LogP contribution in [0.1, 0.15) is 30.1 Å². The van der Waals surface area contributed by atoms with Gasteiger partial charge in [0.1, 0.15) is 15.7 Å². The molecule has 6 rings (SSSR count). The number of benzene rings is 3. The summed E-state index contributed by atoms with van der Waals surface area (Å²) in [6.07, 6.45) is 6.30. The van der Waals surface area contributed by atoms with Crippen LogP contribution >= 0.6 is 0 Å². The molecule has 2 aromatic heterocycles.